The highest BCUT2D eigenvalue weighted by molar-refractivity contribution is 5.04. The molecule has 0 aliphatic carbocycles. The number of methoxy groups -OCH3 is 2. The van der Waals surface area contributed by atoms with Crippen molar-refractivity contribution in [2.45, 2.75) is 31.4 Å². The third-order valence-corrected chi connectivity index (χ3v) is 2.80. The van der Waals surface area contributed by atoms with Crippen LogP contribution in [0.3, 0.4) is 0 Å². The van der Waals surface area contributed by atoms with Crippen molar-refractivity contribution in [2.75, 3.05) is 20.8 Å². The molecule has 5 nitrogen and oxygen atoms in total. The first-order chi connectivity index (χ1) is 7.10. The highest BCUT2D eigenvalue weighted by Crippen LogP contribution is 2.25. The van der Waals surface area contributed by atoms with E-state index < -0.39 is 6.23 Å². The van der Waals surface area contributed by atoms with Gasteiger partial charge in [-0.2, -0.15) is 0 Å². The van der Waals surface area contributed by atoms with E-state index in [0.717, 1.165) is 6.42 Å². The second-order valence-electron chi connectivity index (χ2n) is 3.75. The van der Waals surface area contributed by atoms with Crippen molar-refractivity contribution >= 4 is 0 Å². The van der Waals surface area contributed by atoms with Gasteiger partial charge in [0, 0.05) is 19.9 Å². The Labute approximate surface area is 90.4 Å². The second-order valence-corrected chi connectivity index (χ2v) is 3.75. The van der Waals surface area contributed by atoms with E-state index in [4.69, 9.17) is 15.2 Å². The molecule has 0 amide bonds. The molecular formula is C10H20N2O3. The largest absolute Gasteiger partial charge is 0.401 e. The van der Waals surface area contributed by atoms with Crippen LogP contribution in [0.5, 0.6) is 0 Å². The van der Waals surface area contributed by atoms with Crippen LogP contribution in [0.15, 0.2) is 12.3 Å². The van der Waals surface area contributed by atoms with Gasteiger partial charge in [-0.15, -0.1) is 0 Å². The maximum Gasteiger partial charge on any atom is 0.169 e. The van der Waals surface area contributed by atoms with Crippen molar-refractivity contribution in [3.05, 3.63) is 12.3 Å². The fraction of sp³-hybridized carbons (Fsp3) is 0.800. The van der Waals surface area contributed by atoms with Gasteiger partial charge in [0.1, 0.15) is 6.23 Å². The molecule has 0 aromatic rings. The van der Waals surface area contributed by atoms with Gasteiger partial charge in [0.25, 0.3) is 0 Å². The standard InChI is InChI=1S/C10H20N2O3/c1-7(11)8-4-5-9(13)12(8)6-10(14-2)15-3/h8-10,13H,1,4-6,11H2,2-3H3/t8-,9?/m0/s1. The smallest absolute Gasteiger partial charge is 0.169 e. The number of nitrogens with zero attached hydrogens (tertiary/aromatic N) is 1. The summed E-state index contributed by atoms with van der Waals surface area (Å²) < 4.78 is 10.2. The third kappa shape index (κ3) is 2.92. The average molecular weight is 216 g/mol. The molecular weight excluding hydrogens is 196 g/mol. The maximum absolute atomic E-state index is 9.77. The number of nitrogens with two attached hydrogens (primary N) is 1. The highest BCUT2D eigenvalue weighted by atomic mass is 16.7. The van der Waals surface area contributed by atoms with Gasteiger partial charge in [0.05, 0.1) is 12.6 Å². The fourth-order valence-corrected chi connectivity index (χ4v) is 1.91. The third-order valence-electron chi connectivity index (χ3n) is 2.80. The van der Waals surface area contributed by atoms with Crippen molar-refractivity contribution in [1.82, 2.24) is 4.90 Å². The summed E-state index contributed by atoms with van der Waals surface area (Å²) in [6, 6.07) is 0.0211. The number of hydrogen-bond donors (Lipinski definition) is 2. The van der Waals surface area contributed by atoms with Gasteiger partial charge in [0.15, 0.2) is 6.29 Å². The molecule has 15 heavy (non-hydrogen) atoms. The van der Waals surface area contributed by atoms with Gasteiger partial charge in [-0.1, -0.05) is 6.58 Å². The summed E-state index contributed by atoms with van der Waals surface area (Å²) in [7, 11) is 3.14. The van der Waals surface area contributed by atoms with Crippen LogP contribution in [0.4, 0.5) is 0 Å². The SMILES string of the molecule is C=C(N)[C@@H]1CCC(O)N1CC(OC)OC. The highest BCUT2D eigenvalue weighted by Gasteiger charge is 2.34. The molecule has 5 heteroatoms. The molecule has 2 atom stereocenters. The van der Waals surface area contributed by atoms with E-state index in [1.165, 1.54) is 0 Å². The Morgan fingerprint density at radius 2 is 2.13 bits per heavy atom. The van der Waals surface area contributed by atoms with Crippen molar-refractivity contribution < 1.29 is 14.6 Å². The van der Waals surface area contributed by atoms with E-state index in [0.29, 0.717) is 18.7 Å². The molecule has 88 valence electrons. The van der Waals surface area contributed by atoms with E-state index in [2.05, 4.69) is 6.58 Å². The molecule has 3 N–H and O–H groups in total. The van der Waals surface area contributed by atoms with Crippen LogP contribution in [0.1, 0.15) is 12.8 Å². The topological polar surface area (TPSA) is 68.0 Å². The van der Waals surface area contributed by atoms with E-state index in [-0.39, 0.29) is 12.3 Å². The minimum Gasteiger partial charge on any atom is -0.401 e. The predicted molar refractivity (Wildman–Crippen MR) is 56.9 cm³/mol. The molecule has 0 bridgehead atoms. The van der Waals surface area contributed by atoms with Crippen molar-refractivity contribution in [1.29, 1.82) is 0 Å². The molecule has 0 aromatic carbocycles. The summed E-state index contributed by atoms with van der Waals surface area (Å²) in [5.74, 6) is 0. The summed E-state index contributed by atoms with van der Waals surface area (Å²) in [5.41, 5.74) is 6.26. The van der Waals surface area contributed by atoms with E-state index in [1.54, 1.807) is 14.2 Å². The Kier molecular flexibility index (Phi) is 4.53. The first-order valence-corrected chi connectivity index (χ1v) is 5.03. The van der Waals surface area contributed by atoms with Crippen molar-refractivity contribution in [2.24, 2.45) is 5.73 Å². The molecule has 1 heterocycles. The number of rotatable bonds is 5. The number of likely N-dealkylation sites (tertiary alicyclic amines) is 1. The zero-order valence-corrected chi connectivity index (χ0v) is 9.35. The van der Waals surface area contributed by atoms with E-state index >= 15 is 0 Å². The molecule has 1 rings (SSSR count). The summed E-state index contributed by atoms with van der Waals surface area (Å²) in [5, 5.41) is 9.77. The molecule has 1 aliphatic rings. The average Bonchev–Trinajstić information content (AvgIpc) is 2.56. The van der Waals surface area contributed by atoms with Crippen LogP contribution in [0, 0.1) is 0 Å². The number of ether oxygens (including phenoxy) is 2. The zero-order chi connectivity index (χ0) is 11.4. The number of aliphatic hydroxyl groups excluding tert-OH is 1. The van der Waals surface area contributed by atoms with Gasteiger partial charge < -0.3 is 20.3 Å². The summed E-state index contributed by atoms with van der Waals surface area (Å²) in [6.07, 6.45) is 0.709. The summed E-state index contributed by atoms with van der Waals surface area (Å²) >= 11 is 0. The lowest BCUT2D eigenvalue weighted by molar-refractivity contribution is -0.133. The maximum atomic E-state index is 9.77. The molecule has 0 saturated carbocycles. The Bertz CT molecular complexity index is 219. The molecule has 1 fully saturated rings. The van der Waals surface area contributed by atoms with Gasteiger partial charge >= 0.3 is 0 Å². The minimum atomic E-state index is -0.483. The van der Waals surface area contributed by atoms with Gasteiger partial charge in [0.2, 0.25) is 0 Å². The quantitative estimate of drug-likeness (QED) is 0.626. The lowest BCUT2D eigenvalue weighted by atomic mass is 10.2. The molecule has 0 radical (unpaired) electrons. The van der Waals surface area contributed by atoms with Gasteiger partial charge in [-0.25, -0.2) is 0 Å². The number of hydrogen-bond acceptors (Lipinski definition) is 5. The monoisotopic (exact) mass is 216 g/mol. The van der Waals surface area contributed by atoms with Crippen LogP contribution < -0.4 is 5.73 Å². The van der Waals surface area contributed by atoms with E-state index in [9.17, 15) is 5.11 Å². The Balaban J connectivity index is 2.59. The van der Waals surface area contributed by atoms with E-state index in [1.807, 2.05) is 4.90 Å². The molecule has 1 saturated heterocycles. The van der Waals surface area contributed by atoms with Gasteiger partial charge in [-0.05, 0) is 12.8 Å². The molecule has 0 spiro atoms. The lowest BCUT2D eigenvalue weighted by Crippen LogP contribution is -2.44. The minimum absolute atomic E-state index is 0.0211. The number of aliphatic hydroxyl groups is 1. The van der Waals surface area contributed by atoms with Crippen molar-refractivity contribution in [3.63, 3.8) is 0 Å². The molecule has 1 aliphatic heterocycles. The normalized spacial score (nSPS) is 27.5. The zero-order valence-electron chi connectivity index (χ0n) is 9.35. The molecule has 0 aromatic heterocycles. The van der Waals surface area contributed by atoms with Crippen LogP contribution in [-0.2, 0) is 9.47 Å². The van der Waals surface area contributed by atoms with Crippen LogP contribution in [0.25, 0.3) is 0 Å². The summed E-state index contributed by atoms with van der Waals surface area (Å²) in [4.78, 5) is 1.86. The fourth-order valence-electron chi connectivity index (χ4n) is 1.91. The van der Waals surface area contributed by atoms with Crippen molar-refractivity contribution in [3.8, 4) is 0 Å². The Hall–Kier alpha value is -0.620. The second kappa shape index (κ2) is 5.46. The van der Waals surface area contributed by atoms with Crippen LogP contribution in [-0.4, -0.2) is 49.3 Å². The van der Waals surface area contributed by atoms with Crippen LogP contribution >= 0.6 is 0 Å². The first-order valence-electron chi connectivity index (χ1n) is 5.03. The lowest BCUT2D eigenvalue weighted by Gasteiger charge is -2.29. The van der Waals surface area contributed by atoms with Crippen LogP contribution in [0.2, 0.25) is 0 Å². The Morgan fingerprint density at radius 3 is 2.60 bits per heavy atom. The summed E-state index contributed by atoms with van der Waals surface area (Å²) in [6.45, 7) is 4.22. The molecule has 1 unspecified atom stereocenters. The van der Waals surface area contributed by atoms with Gasteiger partial charge in [-0.3, -0.25) is 4.90 Å². The first kappa shape index (κ1) is 12.4. The Morgan fingerprint density at radius 1 is 1.53 bits per heavy atom. The predicted octanol–water partition coefficient (Wildman–Crippen LogP) is -0.140.